The van der Waals surface area contributed by atoms with Gasteiger partial charge in [-0.1, -0.05) is 6.92 Å². The van der Waals surface area contributed by atoms with Crippen molar-refractivity contribution >= 4 is 12.4 Å². The molecule has 0 aromatic rings. The normalized spacial score (nSPS) is 19.4. The molecule has 0 unspecified atom stereocenters. The van der Waals surface area contributed by atoms with Crippen LogP contribution in [0.4, 0.5) is 0 Å². The van der Waals surface area contributed by atoms with E-state index in [0.717, 1.165) is 17.9 Å². The Kier molecular flexibility index (Phi) is 2.60. The highest BCUT2D eigenvalue weighted by atomic mass is 15.0. The van der Waals surface area contributed by atoms with Gasteiger partial charge in [0.1, 0.15) is 5.82 Å². The van der Waals surface area contributed by atoms with E-state index in [-0.39, 0.29) is 0 Å². The third-order valence-electron chi connectivity index (χ3n) is 1.40. The van der Waals surface area contributed by atoms with Crippen molar-refractivity contribution in [3.05, 3.63) is 23.7 Å². The summed E-state index contributed by atoms with van der Waals surface area (Å²) in [6, 6.07) is 0. The fourth-order valence-corrected chi connectivity index (χ4v) is 0.816. The Morgan fingerprint density at radius 1 is 1.73 bits per heavy atom. The molecule has 1 rings (SSSR count). The van der Waals surface area contributed by atoms with Crippen LogP contribution >= 0.6 is 0 Å². The minimum absolute atomic E-state index is 0.736. The topological polar surface area (TPSA) is 48.2 Å². The highest BCUT2D eigenvalue weighted by Gasteiger charge is 1.99. The average Bonchev–Trinajstić information content (AvgIpc) is 2.06. The smallest absolute Gasteiger partial charge is 0.131 e. The minimum atomic E-state index is 0.736. The summed E-state index contributed by atoms with van der Waals surface area (Å²) >= 11 is 0. The third kappa shape index (κ3) is 2.04. The van der Waals surface area contributed by atoms with E-state index < -0.39 is 0 Å². The first-order valence-corrected chi connectivity index (χ1v) is 3.58. The lowest BCUT2D eigenvalue weighted by Crippen LogP contribution is -2.14. The molecule has 0 spiro atoms. The van der Waals surface area contributed by atoms with Gasteiger partial charge in [-0.3, -0.25) is 0 Å². The van der Waals surface area contributed by atoms with Crippen LogP contribution in [0, 0.1) is 5.41 Å². The Morgan fingerprint density at radius 3 is 3.18 bits per heavy atom. The Morgan fingerprint density at radius 2 is 2.55 bits per heavy atom. The van der Waals surface area contributed by atoms with E-state index in [2.05, 4.69) is 17.2 Å². The lowest BCUT2D eigenvalue weighted by atomic mass is 10.3. The molecule has 0 radical (unpaired) electrons. The van der Waals surface area contributed by atoms with Crippen molar-refractivity contribution in [1.82, 2.24) is 5.32 Å². The summed E-state index contributed by atoms with van der Waals surface area (Å²) in [7, 11) is 0. The standard InChI is InChI=1S/C8H11N3/c1-2-7-4-6-10-8(11-7)3-5-9/h3-6,9,11H,2H2,1H3/b8-3-,9-5?. The molecule has 1 aliphatic rings. The lowest BCUT2D eigenvalue weighted by Gasteiger charge is -2.11. The van der Waals surface area contributed by atoms with Gasteiger partial charge in [-0.15, -0.1) is 0 Å². The molecule has 0 amide bonds. The van der Waals surface area contributed by atoms with Crippen LogP contribution in [-0.2, 0) is 0 Å². The minimum Gasteiger partial charge on any atom is -0.344 e. The van der Waals surface area contributed by atoms with Gasteiger partial charge in [0.15, 0.2) is 0 Å². The van der Waals surface area contributed by atoms with Gasteiger partial charge in [-0.25, -0.2) is 4.99 Å². The van der Waals surface area contributed by atoms with Crippen LogP contribution in [0.5, 0.6) is 0 Å². The van der Waals surface area contributed by atoms with Crippen LogP contribution in [0.25, 0.3) is 0 Å². The first-order valence-electron chi connectivity index (χ1n) is 3.58. The maximum atomic E-state index is 6.83. The number of aliphatic imine (C=N–C) groups is 1. The number of allylic oxidation sites excluding steroid dienone is 3. The monoisotopic (exact) mass is 149 g/mol. The molecule has 3 nitrogen and oxygen atoms in total. The Balaban J connectivity index is 2.69. The summed E-state index contributed by atoms with van der Waals surface area (Å²) in [5.74, 6) is 0.736. The molecule has 2 N–H and O–H groups in total. The molecule has 0 bridgehead atoms. The van der Waals surface area contributed by atoms with Crippen molar-refractivity contribution in [3.8, 4) is 0 Å². The zero-order chi connectivity index (χ0) is 8.10. The van der Waals surface area contributed by atoms with Crippen molar-refractivity contribution in [2.75, 3.05) is 0 Å². The Bertz CT molecular complexity index is 236. The van der Waals surface area contributed by atoms with Gasteiger partial charge in [0, 0.05) is 18.1 Å². The summed E-state index contributed by atoms with van der Waals surface area (Å²) < 4.78 is 0. The molecule has 1 heterocycles. The van der Waals surface area contributed by atoms with Crippen LogP contribution in [-0.4, -0.2) is 12.4 Å². The largest absolute Gasteiger partial charge is 0.344 e. The second-order valence-corrected chi connectivity index (χ2v) is 2.17. The maximum absolute atomic E-state index is 6.83. The highest BCUT2D eigenvalue weighted by molar-refractivity contribution is 5.76. The first kappa shape index (κ1) is 7.72. The van der Waals surface area contributed by atoms with Crippen LogP contribution in [0.2, 0.25) is 0 Å². The van der Waals surface area contributed by atoms with Gasteiger partial charge in [0.2, 0.25) is 0 Å². The van der Waals surface area contributed by atoms with Crippen LogP contribution < -0.4 is 5.32 Å². The molecule has 58 valence electrons. The molecule has 1 aliphatic heterocycles. The summed E-state index contributed by atoms with van der Waals surface area (Å²) in [4.78, 5) is 4.01. The lowest BCUT2D eigenvalue weighted by molar-refractivity contribution is 0.874. The van der Waals surface area contributed by atoms with Crippen molar-refractivity contribution in [2.45, 2.75) is 13.3 Å². The molecule has 0 saturated carbocycles. The van der Waals surface area contributed by atoms with Crippen LogP contribution in [0.1, 0.15) is 13.3 Å². The zero-order valence-corrected chi connectivity index (χ0v) is 6.46. The van der Waals surface area contributed by atoms with E-state index in [0.29, 0.717) is 0 Å². The fourth-order valence-electron chi connectivity index (χ4n) is 0.816. The van der Waals surface area contributed by atoms with E-state index in [1.807, 2.05) is 6.08 Å². The molecule has 0 fully saturated rings. The van der Waals surface area contributed by atoms with Gasteiger partial charge in [-0.2, -0.15) is 0 Å². The summed E-state index contributed by atoms with van der Waals surface area (Å²) in [6.45, 7) is 2.07. The molecule has 3 heteroatoms. The maximum Gasteiger partial charge on any atom is 0.131 e. The molecular formula is C8H11N3. The Hall–Kier alpha value is -1.38. The molecule has 11 heavy (non-hydrogen) atoms. The fraction of sp³-hybridized carbons (Fsp3) is 0.250. The highest BCUT2D eigenvalue weighted by Crippen LogP contribution is 2.04. The molecule has 0 aromatic heterocycles. The number of hydrogen-bond acceptors (Lipinski definition) is 3. The second kappa shape index (κ2) is 3.71. The number of nitrogens with one attached hydrogen (secondary N) is 2. The molecule has 0 atom stereocenters. The summed E-state index contributed by atoms with van der Waals surface area (Å²) in [5.41, 5.74) is 1.13. The predicted molar refractivity (Wildman–Crippen MR) is 46.9 cm³/mol. The van der Waals surface area contributed by atoms with Crippen molar-refractivity contribution in [1.29, 1.82) is 5.41 Å². The quantitative estimate of drug-likeness (QED) is 0.573. The van der Waals surface area contributed by atoms with Gasteiger partial charge in [-0.05, 0) is 18.6 Å². The summed E-state index contributed by atoms with van der Waals surface area (Å²) in [6.07, 6.45) is 7.48. The van der Waals surface area contributed by atoms with Crippen LogP contribution in [0.15, 0.2) is 28.7 Å². The molecule has 0 aliphatic carbocycles. The summed E-state index contributed by atoms with van der Waals surface area (Å²) in [5, 5.41) is 9.90. The number of nitrogens with zero attached hydrogens (tertiary/aromatic N) is 1. The van der Waals surface area contributed by atoms with Crippen LogP contribution in [0.3, 0.4) is 0 Å². The van der Waals surface area contributed by atoms with Gasteiger partial charge in [0.05, 0.1) is 0 Å². The van der Waals surface area contributed by atoms with Crippen molar-refractivity contribution in [3.63, 3.8) is 0 Å². The second-order valence-electron chi connectivity index (χ2n) is 2.17. The zero-order valence-electron chi connectivity index (χ0n) is 6.46. The third-order valence-corrected chi connectivity index (χ3v) is 1.40. The number of hydrogen-bond donors (Lipinski definition) is 2. The van der Waals surface area contributed by atoms with Gasteiger partial charge in [0.25, 0.3) is 0 Å². The molecular weight excluding hydrogens is 138 g/mol. The van der Waals surface area contributed by atoms with E-state index >= 15 is 0 Å². The van der Waals surface area contributed by atoms with E-state index in [1.165, 1.54) is 6.21 Å². The number of rotatable bonds is 2. The average molecular weight is 149 g/mol. The molecule has 0 aromatic carbocycles. The van der Waals surface area contributed by atoms with E-state index in [9.17, 15) is 0 Å². The SMILES string of the molecule is CCC1=CC=N/C(=C/C=N)N1. The van der Waals surface area contributed by atoms with Gasteiger partial charge >= 0.3 is 0 Å². The first-order chi connectivity index (χ1) is 5.36. The van der Waals surface area contributed by atoms with Crippen molar-refractivity contribution in [2.24, 2.45) is 4.99 Å². The van der Waals surface area contributed by atoms with E-state index in [4.69, 9.17) is 5.41 Å². The van der Waals surface area contributed by atoms with Gasteiger partial charge < -0.3 is 10.7 Å². The Labute approximate surface area is 66.0 Å². The van der Waals surface area contributed by atoms with Crippen molar-refractivity contribution < 1.29 is 0 Å². The molecule has 0 saturated heterocycles. The van der Waals surface area contributed by atoms with E-state index in [1.54, 1.807) is 12.3 Å². The predicted octanol–water partition coefficient (Wildman–Crippen LogP) is 1.45.